The topological polar surface area (TPSA) is 118 Å². The zero-order chi connectivity index (χ0) is 21.6. The van der Waals surface area contributed by atoms with E-state index in [2.05, 4.69) is 17.2 Å². The van der Waals surface area contributed by atoms with Gasteiger partial charge in [-0.25, -0.2) is 0 Å². The summed E-state index contributed by atoms with van der Waals surface area (Å²) in [7, 11) is 0. The summed E-state index contributed by atoms with van der Waals surface area (Å²) >= 11 is 0. The second kappa shape index (κ2) is 13.2. The van der Waals surface area contributed by atoms with E-state index in [1.54, 1.807) is 30.3 Å². The van der Waals surface area contributed by atoms with Crippen LogP contribution in [0.2, 0.25) is 0 Å². The summed E-state index contributed by atoms with van der Waals surface area (Å²) < 4.78 is 0. The third-order valence-electron chi connectivity index (χ3n) is 4.21. The Morgan fingerprint density at radius 3 is 2.38 bits per heavy atom. The van der Waals surface area contributed by atoms with E-state index in [1.807, 2.05) is 6.08 Å². The normalized spacial score (nSPS) is 11.8. The molecule has 0 saturated carbocycles. The highest BCUT2D eigenvalue weighted by molar-refractivity contribution is 6.08. The molecule has 1 aromatic rings. The highest BCUT2D eigenvalue weighted by Gasteiger charge is 2.16. The first-order valence-corrected chi connectivity index (χ1v) is 9.54. The van der Waals surface area contributed by atoms with Crippen molar-refractivity contribution in [3.8, 4) is 0 Å². The number of carbonyl (C=O) groups is 4. The monoisotopic (exact) mass is 399 g/mol. The van der Waals surface area contributed by atoms with Gasteiger partial charge in [-0.2, -0.15) is 0 Å². The van der Waals surface area contributed by atoms with Crippen molar-refractivity contribution >= 4 is 23.4 Å². The van der Waals surface area contributed by atoms with Crippen LogP contribution in [0.15, 0.2) is 49.1 Å². The van der Waals surface area contributed by atoms with Crippen LogP contribution in [0.4, 0.5) is 0 Å². The van der Waals surface area contributed by atoms with Crippen molar-refractivity contribution in [1.29, 1.82) is 0 Å². The van der Waals surface area contributed by atoms with Crippen LogP contribution in [0, 0.1) is 5.92 Å². The summed E-state index contributed by atoms with van der Waals surface area (Å²) in [5.41, 5.74) is 5.99. The Balaban J connectivity index is 2.22. The van der Waals surface area contributed by atoms with Crippen molar-refractivity contribution in [2.75, 3.05) is 19.6 Å². The molecule has 0 aliphatic rings. The predicted molar refractivity (Wildman–Crippen MR) is 113 cm³/mol. The lowest BCUT2D eigenvalue weighted by Crippen LogP contribution is -2.36. The zero-order valence-corrected chi connectivity index (χ0v) is 16.8. The van der Waals surface area contributed by atoms with E-state index in [0.29, 0.717) is 30.8 Å². The van der Waals surface area contributed by atoms with Crippen LogP contribution in [0.1, 0.15) is 46.9 Å². The first-order valence-electron chi connectivity index (χ1n) is 9.54. The Bertz CT molecular complexity index is 771. The number of amides is 2. The van der Waals surface area contributed by atoms with Gasteiger partial charge in [0.05, 0.1) is 5.92 Å². The standard InChI is InChI=1S/C22H29N3O4/c1-3-17(15-21(23)28)22(29)25-14-13-24-12-8-4-5-11-20(27)19-10-7-6-9-18(19)16(2)26/h3-7,9-10,17,24H,1,8,11-15H2,2H3,(H2,23,28)(H,25,29)/b5-4+. The van der Waals surface area contributed by atoms with Gasteiger partial charge < -0.3 is 16.4 Å². The molecule has 1 rings (SSSR count). The number of rotatable bonds is 14. The SMILES string of the molecule is C=CC(CC(N)=O)C(=O)NCCNCC/C=C/CC(=O)c1ccccc1C(C)=O. The number of hydrogen-bond acceptors (Lipinski definition) is 5. The highest BCUT2D eigenvalue weighted by Crippen LogP contribution is 2.12. The Kier molecular flexibility index (Phi) is 10.9. The molecule has 29 heavy (non-hydrogen) atoms. The summed E-state index contributed by atoms with van der Waals surface area (Å²) in [6.45, 7) is 6.67. The van der Waals surface area contributed by atoms with Gasteiger partial charge in [-0.3, -0.25) is 19.2 Å². The largest absolute Gasteiger partial charge is 0.370 e. The number of benzene rings is 1. The lowest BCUT2D eigenvalue weighted by Gasteiger charge is -2.11. The number of carbonyl (C=O) groups excluding carboxylic acids is 4. The van der Waals surface area contributed by atoms with Crippen LogP contribution in [-0.2, 0) is 9.59 Å². The van der Waals surface area contributed by atoms with Crippen molar-refractivity contribution in [3.05, 3.63) is 60.2 Å². The van der Waals surface area contributed by atoms with E-state index in [0.717, 1.165) is 6.42 Å². The lowest BCUT2D eigenvalue weighted by molar-refractivity contribution is -0.127. The van der Waals surface area contributed by atoms with Crippen LogP contribution in [0.5, 0.6) is 0 Å². The summed E-state index contributed by atoms with van der Waals surface area (Å²) in [5, 5.41) is 5.89. The van der Waals surface area contributed by atoms with Crippen molar-refractivity contribution in [3.63, 3.8) is 0 Å². The number of nitrogens with one attached hydrogen (secondary N) is 2. The van der Waals surface area contributed by atoms with Gasteiger partial charge in [0, 0.05) is 37.1 Å². The number of allylic oxidation sites excluding steroid dienone is 1. The molecule has 7 heteroatoms. The van der Waals surface area contributed by atoms with Crippen LogP contribution in [-0.4, -0.2) is 43.0 Å². The van der Waals surface area contributed by atoms with E-state index in [1.165, 1.54) is 13.0 Å². The first-order chi connectivity index (χ1) is 13.9. The van der Waals surface area contributed by atoms with Crippen molar-refractivity contribution < 1.29 is 19.2 Å². The molecule has 156 valence electrons. The molecular weight excluding hydrogens is 370 g/mol. The number of Topliss-reactive ketones (excluding diaryl/α,β-unsaturated/α-hetero) is 2. The van der Waals surface area contributed by atoms with Gasteiger partial charge in [-0.1, -0.05) is 42.5 Å². The van der Waals surface area contributed by atoms with Crippen LogP contribution in [0.25, 0.3) is 0 Å². The maximum Gasteiger partial charge on any atom is 0.227 e. The lowest BCUT2D eigenvalue weighted by atomic mass is 9.99. The molecule has 0 aliphatic heterocycles. The first kappa shape index (κ1) is 24.0. The van der Waals surface area contributed by atoms with Gasteiger partial charge in [-0.05, 0) is 19.9 Å². The maximum absolute atomic E-state index is 12.3. The Hall–Kier alpha value is -3.06. The maximum atomic E-state index is 12.3. The fourth-order valence-corrected chi connectivity index (χ4v) is 2.67. The van der Waals surface area contributed by atoms with Crippen molar-refractivity contribution in [1.82, 2.24) is 10.6 Å². The minimum absolute atomic E-state index is 0.0524. The Labute approximate surface area is 171 Å². The zero-order valence-electron chi connectivity index (χ0n) is 16.8. The molecule has 4 N–H and O–H groups in total. The second-order valence-electron chi connectivity index (χ2n) is 6.54. The molecule has 7 nitrogen and oxygen atoms in total. The fourth-order valence-electron chi connectivity index (χ4n) is 2.67. The van der Waals surface area contributed by atoms with Gasteiger partial charge in [0.25, 0.3) is 0 Å². The van der Waals surface area contributed by atoms with Crippen molar-refractivity contribution in [2.24, 2.45) is 11.7 Å². The van der Waals surface area contributed by atoms with E-state index >= 15 is 0 Å². The quantitative estimate of drug-likeness (QED) is 0.250. The average molecular weight is 399 g/mol. The predicted octanol–water partition coefficient (Wildman–Crippen LogP) is 1.79. The number of nitrogens with two attached hydrogens (primary N) is 1. The van der Waals surface area contributed by atoms with Gasteiger partial charge in [-0.15, -0.1) is 6.58 Å². The molecule has 0 spiro atoms. The van der Waals surface area contributed by atoms with Gasteiger partial charge in [0.15, 0.2) is 11.6 Å². The molecule has 1 unspecified atom stereocenters. The molecular formula is C22H29N3O4. The second-order valence-corrected chi connectivity index (χ2v) is 6.54. The number of primary amides is 1. The van der Waals surface area contributed by atoms with Crippen LogP contribution < -0.4 is 16.4 Å². The Morgan fingerprint density at radius 2 is 1.76 bits per heavy atom. The van der Waals surface area contributed by atoms with Crippen LogP contribution in [0.3, 0.4) is 0 Å². The highest BCUT2D eigenvalue weighted by atomic mass is 16.2. The summed E-state index contributed by atoms with van der Waals surface area (Å²) in [4.78, 5) is 46.6. The molecule has 0 saturated heterocycles. The molecule has 0 fully saturated rings. The molecule has 1 atom stereocenters. The summed E-state index contributed by atoms with van der Waals surface area (Å²) in [5.74, 6) is -1.64. The number of hydrogen-bond donors (Lipinski definition) is 3. The molecule has 1 aromatic carbocycles. The van der Waals surface area contributed by atoms with E-state index in [4.69, 9.17) is 5.73 Å². The molecule has 0 aromatic heterocycles. The molecule has 0 radical (unpaired) electrons. The summed E-state index contributed by atoms with van der Waals surface area (Å²) in [6.07, 6.45) is 6.02. The number of ketones is 2. The van der Waals surface area contributed by atoms with Gasteiger partial charge >= 0.3 is 0 Å². The molecule has 0 bridgehead atoms. The van der Waals surface area contributed by atoms with Crippen molar-refractivity contribution in [2.45, 2.75) is 26.2 Å². The smallest absolute Gasteiger partial charge is 0.227 e. The fraction of sp³-hybridized carbons (Fsp3) is 0.364. The minimum Gasteiger partial charge on any atom is -0.370 e. The summed E-state index contributed by atoms with van der Waals surface area (Å²) in [6, 6.07) is 6.82. The third kappa shape index (κ3) is 9.12. The van der Waals surface area contributed by atoms with E-state index in [9.17, 15) is 19.2 Å². The van der Waals surface area contributed by atoms with E-state index in [-0.39, 0.29) is 30.3 Å². The van der Waals surface area contributed by atoms with Crippen LogP contribution >= 0.6 is 0 Å². The molecule has 2 amide bonds. The minimum atomic E-state index is -0.610. The van der Waals surface area contributed by atoms with Gasteiger partial charge in [0.1, 0.15) is 0 Å². The Morgan fingerprint density at radius 1 is 1.07 bits per heavy atom. The van der Waals surface area contributed by atoms with Gasteiger partial charge in [0.2, 0.25) is 11.8 Å². The van der Waals surface area contributed by atoms with E-state index < -0.39 is 11.8 Å². The molecule has 0 heterocycles. The average Bonchev–Trinajstić information content (AvgIpc) is 2.70. The molecule has 0 aliphatic carbocycles. The third-order valence-corrected chi connectivity index (χ3v) is 4.21.